The first kappa shape index (κ1) is 13.8. The van der Waals surface area contributed by atoms with Crippen molar-refractivity contribution in [1.29, 1.82) is 0 Å². The molecule has 0 saturated heterocycles. The molecule has 100 valence electrons. The summed E-state index contributed by atoms with van der Waals surface area (Å²) in [5.74, 6) is -0.214. The van der Waals surface area contributed by atoms with Gasteiger partial charge in [0.1, 0.15) is 0 Å². The van der Waals surface area contributed by atoms with Crippen molar-refractivity contribution >= 4 is 11.6 Å². The summed E-state index contributed by atoms with van der Waals surface area (Å²) in [7, 11) is 1.43. The van der Waals surface area contributed by atoms with E-state index in [-0.39, 0.29) is 5.75 Å². The first-order valence-corrected chi connectivity index (χ1v) is 6.26. The lowest BCUT2D eigenvalue weighted by Gasteiger charge is -2.16. The molecule has 0 radical (unpaired) electrons. The molecule has 0 heterocycles. The fourth-order valence-corrected chi connectivity index (χ4v) is 2.18. The third-order valence-electron chi connectivity index (χ3n) is 3.11. The summed E-state index contributed by atoms with van der Waals surface area (Å²) in [4.78, 5) is 0. The van der Waals surface area contributed by atoms with Gasteiger partial charge in [0.15, 0.2) is 11.6 Å². The Morgan fingerprint density at radius 1 is 1.21 bits per heavy atom. The SMILES string of the molecule is COc1ccc(C(N)c2cc(Cl)ccc2C)cc1F. The Kier molecular flexibility index (Phi) is 4.08. The molecule has 0 bridgehead atoms. The maximum absolute atomic E-state index is 13.7. The van der Waals surface area contributed by atoms with E-state index in [1.54, 1.807) is 12.1 Å². The van der Waals surface area contributed by atoms with E-state index in [1.807, 2.05) is 25.1 Å². The van der Waals surface area contributed by atoms with Gasteiger partial charge in [-0.3, -0.25) is 0 Å². The van der Waals surface area contributed by atoms with Crippen LogP contribution in [0.25, 0.3) is 0 Å². The molecule has 2 aromatic rings. The highest BCUT2D eigenvalue weighted by Crippen LogP contribution is 2.28. The molecule has 0 fully saturated rings. The molecule has 0 amide bonds. The van der Waals surface area contributed by atoms with Gasteiger partial charge in [0.05, 0.1) is 13.2 Å². The van der Waals surface area contributed by atoms with Crippen molar-refractivity contribution in [2.75, 3.05) is 7.11 Å². The van der Waals surface area contributed by atoms with Crippen molar-refractivity contribution in [3.05, 3.63) is 63.9 Å². The van der Waals surface area contributed by atoms with Crippen molar-refractivity contribution in [3.8, 4) is 5.75 Å². The van der Waals surface area contributed by atoms with Crippen LogP contribution >= 0.6 is 11.6 Å². The molecule has 2 nitrogen and oxygen atoms in total. The highest BCUT2D eigenvalue weighted by molar-refractivity contribution is 6.30. The standard InChI is InChI=1S/C15H15ClFNO/c1-9-3-5-11(16)8-12(9)15(18)10-4-6-14(19-2)13(17)7-10/h3-8,15H,18H2,1-2H3. The molecule has 4 heteroatoms. The van der Waals surface area contributed by atoms with Crippen molar-refractivity contribution in [2.45, 2.75) is 13.0 Å². The molecular weight excluding hydrogens is 265 g/mol. The van der Waals surface area contributed by atoms with Crippen LogP contribution in [0.15, 0.2) is 36.4 Å². The summed E-state index contributed by atoms with van der Waals surface area (Å²) in [5.41, 5.74) is 8.77. The average Bonchev–Trinajstić information content (AvgIpc) is 2.40. The van der Waals surface area contributed by atoms with Crippen LogP contribution in [0, 0.1) is 12.7 Å². The van der Waals surface area contributed by atoms with E-state index < -0.39 is 11.9 Å². The van der Waals surface area contributed by atoms with Gasteiger partial charge in [-0.25, -0.2) is 4.39 Å². The highest BCUT2D eigenvalue weighted by atomic mass is 35.5. The molecule has 0 aliphatic rings. The molecule has 2 N–H and O–H groups in total. The molecule has 2 rings (SSSR count). The molecule has 0 aromatic heterocycles. The number of rotatable bonds is 3. The number of methoxy groups -OCH3 is 1. The van der Waals surface area contributed by atoms with Crippen LogP contribution in [0.2, 0.25) is 5.02 Å². The van der Waals surface area contributed by atoms with Gasteiger partial charge in [-0.05, 0) is 47.9 Å². The highest BCUT2D eigenvalue weighted by Gasteiger charge is 2.14. The molecule has 0 aliphatic carbocycles. The number of nitrogens with two attached hydrogens (primary N) is 1. The predicted octanol–water partition coefficient (Wildman–Crippen LogP) is 3.84. The summed E-state index contributed by atoms with van der Waals surface area (Å²) in [6.07, 6.45) is 0. The lowest BCUT2D eigenvalue weighted by Crippen LogP contribution is -2.13. The second kappa shape index (κ2) is 5.59. The van der Waals surface area contributed by atoms with Crippen LogP contribution in [-0.4, -0.2) is 7.11 Å². The summed E-state index contributed by atoms with van der Waals surface area (Å²) in [6, 6.07) is 9.82. The number of aryl methyl sites for hydroxylation is 1. The van der Waals surface area contributed by atoms with E-state index in [9.17, 15) is 4.39 Å². The van der Waals surface area contributed by atoms with Gasteiger partial charge >= 0.3 is 0 Å². The van der Waals surface area contributed by atoms with Crippen molar-refractivity contribution in [3.63, 3.8) is 0 Å². The third-order valence-corrected chi connectivity index (χ3v) is 3.35. The van der Waals surface area contributed by atoms with Crippen LogP contribution in [0.3, 0.4) is 0 Å². The number of ether oxygens (including phenoxy) is 1. The lowest BCUT2D eigenvalue weighted by atomic mass is 9.95. The van der Waals surface area contributed by atoms with Gasteiger partial charge in [-0.2, -0.15) is 0 Å². The topological polar surface area (TPSA) is 35.2 Å². The van der Waals surface area contributed by atoms with E-state index in [4.69, 9.17) is 22.1 Å². The van der Waals surface area contributed by atoms with E-state index >= 15 is 0 Å². The van der Waals surface area contributed by atoms with Gasteiger partial charge in [0.2, 0.25) is 0 Å². The maximum atomic E-state index is 13.7. The zero-order valence-corrected chi connectivity index (χ0v) is 11.5. The lowest BCUT2D eigenvalue weighted by molar-refractivity contribution is 0.386. The average molecular weight is 280 g/mol. The summed E-state index contributed by atoms with van der Waals surface area (Å²) in [5, 5.41) is 0.616. The zero-order valence-electron chi connectivity index (χ0n) is 10.8. The first-order valence-electron chi connectivity index (χ1n) is 5.88. The number of halogens is 2. The quantitative estimate of drug-likeness (QED) is 0.926. The second-order valence-corrected chi connectivity index (χ2v) is 4.81. The van der Waals surface area contributed by atoms with Gasteiger partial charge in [0.25, 0.3) is 0 Å². The minimum Gasteiger partial charge on any atom is -0.494 e. The Balaban J connectivity index is 2.41. The van der Waals surface area contributed by atoms with Crippen LogP contribution in [0.5, 0.6) is 5.75 Å². The summed E-state index contributed by atoms with van der Waals surface area (Å²) < 4.78 is 18.6. The van der Waals surface area contributed by atoms with Gasteiger partial charge < -0.3 is 10.5 Å². The number of benzene rings is 2. The molecular formula is C15H15ClFNO. The van der Waals surface area contributed by atoms with Gasteiger partial charge in [-0.15, -0.1) is 0 Å². The largest absolute Gasteiger partial charge is 0.494 e. The van der Waals surface area contributed by atoms with Gasteiger partial charge in [0, 0.05) is 5.02 Å². The van der Waals surface area contributed by atoms with Crippen LogP contribution in [-0.2, 0) is 0 Å². The van der Waals surface area contributed by atoms with E-state index in [2.05, 4.69) is 0 Å². The number of hydrogen-bond acceptors (Lipinski definition) is 2. The second-order valence-electron chi connectivity index (χ2n) is 4.37. The summed E-state index contributed by atoms with van der Waals surface area (Å²) >= 11 is 5.98. The Morgan fingerprint density at radius 3 is 2.58 bits per heavy atom. The van der Waals surface area contributed by atoms with Crippen molar-refractivity contribution in [1.82, 2.24) is 0 Å². The van der Waals surface area contributed by atoms with E-state index in [0.29, 0.717) is 10.6 Å². The predicted molar refractivity (Wildman–Crippen MR) is 75.2 cm³/mol. The normalized spacial score (nSPS) is 12.3. The molecule has 2 aromatic carbocycles. The van der Waals surface area contributed by atoms with Crippen LogP contribution in [0.4, 0.5) is 4.39 Å². The smallest absolute Gasteiger partial charge is 0.165 e. The molecule has 0 saturated carbocycles. The van der Waals surface area contributed by atoms with E-state index in [0.717, 1.165) is 11.1 Å². The maximum Gasteiger partial charge on any atom is 0.165 e. The molecule has 1 unspecified atom stereocenters. The zero-order chi connectivity index (χ0) is 14.0. The fraction of sp³-hybridized carbons (Fsp3) is 0.200. The fourth-order valence-electron chi connectivity index (χ4n) is 2.00. The van der Waals surface area contributed by atoms with E-state index in [1.165, 1.54) is 13.2 Å². The molecule has 19 heavy (non-hydrogen) atoms. The Hall–Kier alpha value is -1.58. The monoisotopic (exact) mass is 279 g/mol. The van der Waals surface area contributed by atoms with Crippen molar-refractivity contribution in [2.24, 2.45) is 5.73 Å². The van der Waals surface area contributed by atoms with Crippen LogP contribution in [0.1, 0.15) is 22.7 Å². The molecule has 0 spiro atoms. The Morgan fingerprint density at radius 2 is 1.95 bits per heavy atom. The minimum atomic E-state index is -0.421. The number of hydrogen-bond donors (Lipinski definition) is 1. The molecule has 0 aliphatic heterocycles. The Labute approximate surface area is 117 Å². The summed E-state index contributed by atoms with van der Waals surface area (Å²) in [6.45, 7) is 1.95. The molecule has 1 atom stereocenters. The van der Waals surface area contributed by atoms with Gasteiger partial charge in [-0.1, -0.05) is 23.7 Å². The minimum absolute atomic E-state index is 0.207. The Bertz CT molecular complexity index is 601. The first-order chi connectivity index (χ1) is 9.02. The van der Waals surface area contributed by atoms with Crippen LogP contribution < -0.4 is 10.5 Å². The van der Waals surface area contributed by atoms with Crippen molar-refractivity contribution < 1.29 is 9.13 Å². The third kappa shape index (κ3) is 2.88.